The van der Waals surface area contributed by atoms with Gasteiger partial charge >= 0.3 is 7.82 Å². The number of likely N-dealkylation sites (N-methyl/N-ethyl adjacent to an activating group) is 1. The number of rotatable bonds is 9. The molecule has 182 valence electrons. The molecule has 2 heterocycles. The van der Waals surface area contributed by atoms with Gasteiger partial charge in [-0.15, -0.1) is 23.4 Å². The lowest BCUT2D eigenvalue weighted by atomic mass is 9.92. The second-order valence-corrected chi connectivity index (χ2v) is 11.1. The van der Waals surface area contributed by atoms with Crippen LogP contribution in [0, 0.1) is 5.92 Å². The molecule has 2 aliphatic heterocycles. The van der Waals surface area contributed by atoms with Gasteiger partial charge in [0.2, 0.25) is 5.91 Å². The predicted octanol–water partition coefficient (Wildman–Crippen LogP) is 0.507. The average Bonchev–Trinajstić information content (AvgIpc) is 3.03. The van der Waals surface area contributed by atoms with Crippen molar-refractivity contribution >= 4 is 37.1 Å². The first-order valence-corrected chi connectivity index (χ1v) is 13.6. The summed E-state index contributed by atoms with van der Waals surface area (Å²) in [7, 11) is -3.16. The van der Waals surface area contributed by atoms with Crippen LogP contribution in [0.25, 0.3) is 0 Å². The van der Waals surface area contributed by atoms with Crippen LogP contribution in [0.15, 0.2) is 0 Å². The lowest BCUT2D eigenvalue weighted by Crippen LogP contribution is -2.65. The minimum absolute atomic E-state index is 0.279. The maximum absolute atomic E-state index is 13.1. The van der Waals surface area contributed by atoms with Gasteiger partial charge in [-0.25, -0.2) is 4.57 Å². The molecule has 0 aromatic heterocycles. The summed E-state index contributed by atoms with van der Waals surface area (Å²) < 4.78 is 22.1. The fraction of sp³-hybridized carbons (Fsp3) is 0.944. The summed E-state index contributed by atoms with van der Waals surface area (Å²) in [5.41, 5.74) is -0.894. The molecular weight excluding hydrogens is 471 g/mol. The molecule has 0 aliphatic carbocycles. The fourth-order valence-corrected chi connectivity index (χ4v) is 5.82. The predicted molar refractivity (Wildman–Crippen MR) is 118 cm³/mol. The summed E-state index contributed by atoms with van der Waals surface area (Å²) in [6, 6.07) is -1.30. The van der Waals surface area contributed by atoms with Gasteiger partial charge in [0, 0.05) is 6.54 Å². The molecule has 0 bridgehead atoms. The van der Waals surface area contributed by atoms with Crippen molar-refractivity contribution in [3.63, 3.8) is 0 Å². The normalized spacial score (nSPS) is 36.9. The molecule has 0 saturated carbocycles. The number of nitrogens with zero attached hydrogens (tertiary/aromatic N) is 1. The number of alkyl halides is 1. The minimum Gasteiger partial charge on any atom is -0.387 e. The SMILES string of the molecule is CCCC1C[C@H](C(=O)NC(C(C)Cl)C2O[C@H](SC)C(O)C(O)[C@H]2OP(=O)(O)O)N(C)C1. The van der Waals surface area contributed by atoms with E-state index >= 15 is 0 Å². The van der Waals surface area contributed by atoms with Gasteiger partial charge in [0.05, 0.1) is 17.5 Å². The molecule has 2 rings (SSSR count). The Morgan fingerprint density at radius 3 is 2.55 bits per heavy atom. The highest BCUT2D eigenvalue weighted by Crippen LogP contribution is 2.43. The van der Waals surface area contributed by atoms with Crippen molar-refractivity contribution in [1.29, 1.82) is 0 Å². The number of halogens is 1. The van der Waals surface area contributed by atoms with E-state index in [1.165, 1.54) is 0 Å². The second-order valence-electron chi connectivity index (χ2n) is 8.30. The highest BCUT2D eigenvalue weighted by Gasteiger charge is 2.51. The average molecular weight is 505 g/mol. The third kappa shape index (κ3) is 7.02. The molecule has 0 aromatic rings. The van der Waals surface area contributed by atoms with Crippen molar-refractivity contribution in [3.05, 3.63) is 0 Å². The van der Waals surface area contributed by atoms with Crippen LogP contribution < -0.4 is 5.32 Å². The van der Waals surface area contributed by atoms with Gasteiger partial charge in [-0.1, -0.05) is 13.3 Å². The van der Waals surface area contributed by atoms with Crippen LogP contribution in [0.4, 0.5) is 0 Å². The van der Waals surface area contributed by atoms with Gasteiger partial charge in [0.1, 0.15) is 29.9 Å². The zero-order valence-electron chi connectivity index (χ0n) is 18.1. The Morgan fingerprint density at radius 1 is 1.39 bits per heavy atom. The maximum Gasteiger partial charge on any atom is 0.470 e. The van der Waals surface area contributed by atoms with Crippen LogP contribution in [0.5, 0.6) is 0 Å². The molecule has 5 N–H and O–H groups in total. The van der Waals surface area contributed by atoms with Gasteiger partial charge < -0.3 is 30.1 Å². The smallest absolute Gasteiger partial charge is 0.387 e. The number of ether oxygens (including phenoxy) is 1. The number of aliphatic hydroxyl groups is 2. The van der Waals surface area contributed by atoms with Gasteiger partial charge in [-0.3, -0.25) is 14.2 Å². The largest absolute Gasteiger partial charge is 0.470 e. The summed E-state index contributed by atoms with van der Waals surface area (Å²) in [6.45, 7) is 4.51. The number of aliphatic hydroxyl groups excluding tert-OH is 2. The Bertz CT molecular complexity index is 656. The quantitative estimate of drug-likeness (QED) is 0.222. The van der Waals surface area contributed by atoms with Crippen LogP contribution >= 0.6 is 31.2 Å². The van der Waals surface area contributed by atoms with E-state index in [0.717, 1.165) is 31.1 Å². The first-order valence-electron chi connectivity index (χ1n) is 10.3. The van der Waals surface area contributed by atoms with Gasteiger partial charge in [-0.05, 0) is 39.0 Å². The Labute approximate surface area is 192 Å². The number of nitrogens with one attached hydrogen (secondary N) is 1. The van der Waals surface area contributed by atoms with Crippen LogP contribution in [0.2, 0.25) is 0 Å². The first kappa shape index (κ1) is 27.3. The number of phosphoric ester groups is 1. The van der Waals surface area contributed by atoms with E-state index in [4.69, 9.17) is 20.9 Å². The van der Waals surface area contributed by atoms with Crippen LogP contribution in [-0.4, -0.2) is 98.0 Å². The van der Waals surface area contributed by atoms with Crippen LogP contribution in [-0.2, 0) is 18.6 Å². The van der Waals surface area contributed by atoms with Gasteiger partial charge in [0.15, 0.2) is 0 Å². The number of hydrogen-bond donors (Lipinski definition) is 5. The van der Waals surface area contributed by atoms with E-state index in [1.807, 2.05) is 11.9 Å². The van der Waals surface area contributed by atoms with Crippen molar-refractivity contribution in [2.45, 2.75) is 80.4 Å². The standard InChI is InChI=1S/C18H34ClN2O8PS/c1-5-6-10-7-11(21(3)8-10)17(24)20-12(9(2)19)15-16(29-30(25,26)27)13(22)14(23)18(28-15)31-4/h9-16,18,22-23H,5-8H2,1-4H3,(H,20,24)(H2,25,26,27)/t9?,10?,11-,12?,13?,14?,15?,16-,18-/m1/s1. The number of carbonyl (C=O) groups excluding carboxylic acids is 1. The first-order chi connectivity index (χ1) is 14.4. The molecule has 6 unspecified atom stereocenters. The van der Waals surface area contributed by atoms with Crippen molar-refractivity contribution in [1.82, 2.24) is 10.2 Å². The van der Waals surface area contributed by atoms with Crippen molar-refractivity contribution in [3.8, 4) is 0 Å². The third-order valence-corrected chi connectivity index (χ3v) is 7.51. The number of hydrogen-bond acceptors (Lipinski definition) is 8. The van der Waals surface area contributed by atoms with Crippen LogP contribution in [0.3, 0.4) is 0 Å². The molecule has 2 fully saturated rings. The Morgan fingerprint density at radius 2 is 2.03 bits per heavy atom. The molecule has 9 atom stereocenters. The summed E-state index contributed by atoms with van der Waals surface area (Å²) in [6.07, 6.45) is -1.49. The zero-order chi connectivity index (χ0) is 23.5. The van der Waals surface area contributed by atoms with Crippen molar-refractivity contribution in [2.24, 2.45) is 5.92 Å². The monoisotopic (exact) mass is 504 g/mol. The van der Waals surface area contributed by atoms with E-state index in [-0.39, 0.29) is 11.9 Å². The van der Waals surface area contributed by atoms with Gasteiger partial charge in [0.25, 0.3) is 0 Å². The molecule has 2 aliphatic rings. The lowest BCUT2D eigenvalue weighted by Gasteiger charge is -2.45. The van der Waals surface area contributed by atoms with E-state index < -0.39 is 49.1 Å². The molecule has 13 heteroatoms. The number of thioether (sulfide) groups is 1. The van der Waals surface area contributed by atoms with Gasteiger partial charge in [-0.2, -0.15) is 0 Å². The molecule has 10 nitrogen and oxygen atoms in total. The molecule has 0 aromatic carbocycles. The molecule has 0 radical (unpaired) electrons. The molecular formula is C18H34ClN2O8PS. The molecule has 0 spiro atoms. The topological polar surface area (TPSA) is 149 Å². The third-order valence-electron chi connectivity index (χ3n) is 5.86. The van der Waals surface area contributed by atoms with E-state index in [9.17, 15) is 29.4 Å². The minimum atomic E-state index is -5.04. The molecule has 1 amide bonds. The highest BCUT2D eigenvalue weighted by molar-refractivity contribution is 7.99. The summed E-state index contributed by atoms with van der Waals surface area (Å²) >= 11 is 7.46. The van der Waals surface area contributed by atoms with E-state index in [1.54, 1.807) is 13.2 Å². The maximum atomic E-state index is 13.1. The fourth-order valence-electron chi connectivity index (χ4n) is 4.38. The number of amides is 1. The summed E-state index contributed by atoms with van der Waals surface area (Å²) in [5, 5.41) is 22.9. The Hall–Kier alpha value is 0.0600. The number of likely N-dealkylation sites (tertiary alicyclic amines) is 1. The van der Waals surface area contributed by atoms with E-state index in [0.29, 0.717) is 12.3 Å². The Balaban J connectivity index is 2.25. The van der Waals surface area contributed by atoms with E-state index in [2.05, 4.69) is 12.2 Å². The second kappa shape index (κ2) is 11.5. The molecule has 2 saturated heterocycles. The Kier molecular flexibility index (Phi) is 10.1. The molecule has 31 heavy (non-hydrogen) atoms. The lowest BCUT2D eigenvalue weighted by molar-refractivity contribution is -0.201. The zero-order valence-corrected chi connectivity index (χ0v) is 20.6. The van der Waals surface area contributed by atoms with Crippen molar-refractivity contribution in [2.75, 3.05) is 19.8 Å². The summed E-state index contributed by atoms with van der Waals surface area (Å²) in [4.78, 5) is 33.7. The highest BCUT2D eigenvalue weighted by atomic mass is 35.5. The van der Waals surface area contributed by atoms with Crippen molar-refractivity contribution < 1.29 is 38.6 Å². The summed E-state index contributed by atoms with van der Waals surface area (Å²) in [5.74, 6) is 0.130. The van der Waals surface area contributed by atoms with Crippen LogP contribution in [0.1, 0.15) is 33.1 Å². The number of carbonyl (C=O) groups is 1. The number of phosphoric acid groups is 1.